The van der Waals surface area contributed by atoms with Crippen molar-refractivity contribution in [2.24, 2.45) is 4.99 Å². The summed E-state index contributed by atoms with van der Waals surface area (Å²) in [6.45, 7) is 1.29. The van der Waals surface area contributed by atoms with Gasteiger partial charge in [0.05, 0.1) is 0 Å². The van der Waals surface area contributed by atoms with Crippen molar-refractivity contribution in [3.05, 3.63) is 59.7 Å². The standard InChI is InChI=1S/C18H17NO5/c1-12(20)24-17-5-3-2-4-14(17)11-19-16(18(22)23)10-13-6-8-15(21)9-7-13/h2-9,11,16,21H,10H2,1H3,(H,22,23)/t16-/m0/s1. The Bertz CT molecular complexity index is 752. The molecule has 0 aliphatic rings. The predicted octanol–water partition coefficient (Wildman–Crippen LogP) is 2.43. The fraction of sp³-hybridized carbons (Fsp3) is 0.167. The number of para-hydroxylation sites is 1. The number of esters is 1. The number of carbonyl (C=O) groups excluding carboxylic acids is 1. The molecule has 0 bridgehead atoms. The second-order valence-corrected chi connectivity index (χ2v) is 5.13. The number of phenols is 1. The molecular formula is C18H17NO5. The van der Waals surface area contributed by atoms with Crippen LogP contribution in [-0.2, 0) is 16.0 Å². The molecule has 2 N–H and O–H groups in total. The maximum Gasteiger partial charge on any atom is 0.328 e. The molecule has 0 spiro atoms. The van der Waals surface area contributed by atoms with Crippen LogP contribution in [0.1, 0.15) is 18.1 Å². The molecule has 6 heteroatoms. The molecule has 0 radical (unpaired) electrons. The Morgan fingerprint density at radius 1 is 1.17 bits per heavy atom. The lowest BCUT2D eigenvalue weighted by Gasteiger charge is -2.09. The third-order valence-electron chi connectivity index (χ3n) is 3.22. The fourth-order valence-corrected chi connectivity index (χ4v) is 2.06. The van der Waals surface area contributed by atoms with E-state index in [4.69, 9.17) is 4.74 Å². The molecule has 0 aliphatic heterocycles. The Labute approximate surface area is 139 Å². The zero-order chi connectivity index (χ0) is 17.5. The van der Waals surface area contributed by atoms with Gasteiger partial charge in [-0.2, -0.15) is 0 Å². The van der Waals surface area contributed by atoms with Crippen LogP contribution in [0.25, 0.3) is 0 Å². The Morgan fingerprint density at radius 2 is 1.83 bits per heavy atom. The number of aliphatic carboxylic acids is 1. The number of benzene rings is 2. The number of aromatic hydroxyl groups is 1. The molecule has 0 saturated carbocycles. The average Bonchev–Trinajstić information content (AvgIpc) is 2.53. The van der Waals surface area contributed by atoms with E-state index in [-0.39, 0.29) is 12.2 Å². The van der Waals surface area contributed by atoms with E-state index < -0.39 is 18.0 Å². The summed E-state index contributed by atoms with van der Waals surface area (Å²) in [7, 11) is 0. The van der Waals surface area contributed by atoms with Crippen LogP contribution in [0.4, 0.5) is 0 Å². The van der Waals surface area contributed by atoms with E-state index in [1.54, 1.807) is 36.4 Å². The predicted molar refractivity (Wildman–Crippen MR) is 88.6 cm³/mol. The van der Waals surface area contributed by atoms with E-state index in [0.717, 1.165) is 5.56 Å². The van der Waals surface area contributed by atoms with Gasteiger partial charge in [-0.1, -0.05) is 24.3 Å². The number of carboxylic acids is 1. The van der Waals surface area contributed by atoms with Crippen LogP contribution in [0.3, 0.4) is 0 Å². The maximum absolute atomic E-state index is 11.4. The zero-order valence-electron chi connectivity index (χ0n) is 13.0. The number of aliphatic imine (C=N–C) groups is 1. The molecule has 2 aromatic carbocycles. The average molecular weight is 327 g/mol. The Hall–Kier alpha value is -3.15. The van der Waals surface area contributed by atoms with Gasteiger partial charge in [-0.15, -0.1) is 0 Å². The van der Waals surface area contributed by atoms with Crippen LogP contribution in [0.15, 0.2) is 53.5 Å². The Kier molecular flexibility index (Phi) is 5.68. The lowest BCUT2D eigenvalue weighted by molar-refractivity contribution is -0.138. The quantitative estimate of drug-likeness (QED) is 0.482. The highest BCUT2D eigenvalue weighted by Crippen LogP contribution is 2.17. The van der Waals surface area contributed by atoms with E-state index in [1.165, 1.54) is 25.3 Å². The number of hydrogen-bond donors (Lipinski definition) is 2. The molecule has 6 nitrogen and oxygen atoms in total. The van der Waals surface area contributed by atoms with Crippen molar-refractivity contribution in [3.63, 3.8) is 0 Å². The summed E-state index contributed by atoms with van der Waals surface area (Å²) in [6.07, 6.45) is 1.57. The molecule has 124 valence electrons. The van der Waals surface area contributed by atoms with Crippen molar-refractivity contribution in [1.82, 2.24) is 0 Å². The smallest absolute Gasteiger partial charge is 0.328 e. The lowest BCUT2D eigenvalue weighted by Crippen LogP contribution is -2.21. The van der Waals surface area contributed by atoms with Crippen LogP contribution in [-0.4, -0.2) is 34.4 Å². The van der Waals surface area contributed by atoms with Gasteiger partial charge >= 0.3 is 11.9 Å². The highest BCUT2D eigenvalue weighted by atomic mass is 16.5. The van der Waals surface area contributed by atoms with E-state index in [9.17, 15) is 19.8 Å². The van der Waals surface area contributed by atoms with Crippen LogP contribution < -0.4 is 4.74 Å². The fourth-order valence-electron chi connectivity index (χ4n) is 2.06. The highest BCUT2D eigenvalue weighted by Gasteiger charge is 2.16. The molecule has 1 atom stereocenters. The topological polar surface area (TPSA) is 96.2 Å². The SMILES string of the molecule is CC(=O)Oc1ccccc1C=N[C@@H](Cc1ccc(O)cc1)C(=O)O. The first-order valence-corrected chi connectivity index (χ1v) is 7.27. The molecule has 0 saturated heterocycles. The first-order valence-electron chi connectivity index (χ1n) is 7.27. The lowest BCUT2D eigenvalue weighted by atomic mass is 10.1. The van der Waals surface area contributed by atoms with Crippen LogP contribution in [0.2, 0.25) is 0 Å². The molecule has 0 heterocycles. The van der Waals surface area contributed by atoms with Crippen LogP contribution in [0, 0.1) is 0 Å². The molecule has 2 rings (SSSR count). The summed E-state index contributed by atoms with van der Waals surface area (Å²) in [5.74, 6) is -1.09. The third kappa shape index (κ3) is 4.95. The zero-order valence-corrected chi connectivity index (χ0v) is 13.0. The number of nitrogens with zero attached hydrogens (tertiary/aromatic N) is 1. The third-order valence-corrected chi connectivity index (χ3v) is 3.22. The van der Waals surface area contributed by atoms with Gasteiger partial charge in [-0.3, -0.25) is 9.79 Å². The first-order chi connectivity index (χ1) is 11.5. The Balaban J connectivity index is 2.18. The van der Waals surface area contributed by atoms with E-state index in [0.29, 0.717) is 11.3 Å². The number of rotatable bonds is 6. The second-order valence-electron chi connectivity index (χ2n) is 5.13. The molecule has 0 unspecified atom stereocenters. The second kappa shape index (κ2) is 7.92. The minimum atomic E-state index is -1.07. The minimum absolute atomic E-state index is 0.115. The van der Waals surface area contributed by atoms with Gasteiger partial charge in [-0.25, -0.2) is 4.79 Å². The van der Waals surface area contributed by atoms with Gasteiger partial charge in [0.1, 0.15) is 11.5 Å². The van der Waals surface area contributed by atoms with Gasteiger partial charge in [-0.05, 0) is 29.8 Å². The van der Waals surface area contributed by atoms with Crippen molar-refractivity contribution < 1.29 is 24.5 Å². The summed E-state index contributed by atoms with van der Waals surface area (Å²) in [5, 5.41) is 18.6. The normalized spacial score (nSPS) is 12.0. The summed E-state index contributed by atoms with van der Waals surface area (Å²) in [6, 6.07) is 12.0. The number of carboxylic acid groups (broad SMARTS) is 1. The molecular weight excluding hydrogens is 310 g/mol. The van der Waals surface area contributed by atoms with Gasteiger partial charge in [0.15, 0.2) is 6.04 Å². The van der Waals surface area contributed by atoms with Crippen molar-refractivity contribution in [3.8, 4) is 11.5 Å². The molecule has 0 aromatic heterocycles. The largest absolute Gasteiger partial charge is 0.508 e. The van der Waals surface area contributed by atoms with Gasteiger partial charge in [0, 0.05) is 25.1 Å². The van der Waals surface area contributed by atoms with Crippen molar-refractivity contribution in [1.29, 1.82) is 0 Å². The first kappa shape index (κ1) is 17.2. The number of carbonyl (C=O) groups is 2. The molecule has 24 heavy (non-hydrogen) atoms. The number of phenolic OH excluding ortho intramolecular Hbond substituents is 1. The molecule has 0 aliphatic carbocycles. The van der Waals surface area contributed by atoms with Crippen molar-refractivity contribution in [2.75, 3.05) is 0 Å². The van der Waals surface area contributed by atoms with E-state index in [2.05, 4.69) is 4.99 Å². The van der Waals surface area contributed by atoms with Crippen LogP contribution >= 0.6 is 0 Å². The highest BCUT2D eigenvalue weighted by molar-refractivity contribution is 5.87. The summed E-state index contributed by atoms with van der Waals surface area (Å²) >= 11 is 0. The molecule has 2 aromatic rings. The van der Waals surface area contributed by atoms with Gasteiger partial charge < -0.3 is 14.9 Å². The van der Waals surface area contributed by atoms with Gasteiger partial charge in [0.2, 0.25) is 0 Å². The Morgan fingerprint density at radius 3 is 2.46 bits per heavy atom. The van der Waals surface area contributed by atoms with Gasteiger partial charge in [0.25, 0.3) is 0 Å². The van der Waals surface area contributed by atoms with Crippen molar-refractivity contribution in [2.45, 2.75) is 19.4 Å². The maximum atomic E-state index is 11.4. The summed E-state index contributed by atoms with van der Waals surface area (Å²) in [5.41, 5.74) is 1.26. The number of ether oxygens (including phenoxy) is 1. The van der Waals surface area contributed by atoms with Crippen LogP contribution in [0.5, 0.6) is 11.5 Å². The minimum Gasteiger partial charge on any atom is -0.508 e. The summed E-state index contributed by atoms with van der Waals surface area (Å²) < 4.78 is 5.06. The van der Waals surface area contributed by atoms with Crippen molar-refractivity contribution >= 4 is 18.2 Å². The summed E-state index contributed by atoms with van der Waals surface area (Å²) in [4.78, 5) is 26.6. The molecule has 0 fully saturated rings. The molecule has 0 amide bonds. The van der Waals surface area contributed by atoms with E-state index in [1.807, 2.05) is 0 Å². The monoisotopic (exact) mass is 327 g/mol. The number of hydrogen-bond acceptors (Lipinski definition) is 5. The van der Waals surface area contributed by atoms with E-state index >= 15 is 0 Å².